The Morgan fingerprint density at radius 2 is 1.54 bits per heavy atom. The Kier molecular flexibility index (Phi) is 5.52. The fourth-order valence-corrected chi connectivity index (χ4v) is 3.97. The van der Waals surface area contributed by atoms with Crippen molar-refractivity contribution in [2.45, 2.75) is 17.0 Å². The molecule has 0 bridgehead atoms. The third-order valence-electron chi connectivity index (χ3n) is 3.86. The summed E-state index contributed by atoms with van der Waals surface area (Å²) in [4.78, 5) is 18.2. The van der Waals surface area contributed by atoms with E-state index in [2.05, 4.69) is 0 Å². The second-order valence-electron chi connectivity index (χ2n) is 5.60. The van der Waals surface area contributed by atoms with Crippen LogP contribution < -0.4 is 0 Å². The van der Waals surface area contributed by atoms with Gasteiger partial charge in [-0.3, -0.25) is 29.3 Å². The summed E-state index contributed by atoms with van der Waals surface area (Å²) in [5.41, 5.74) is -3.36. The number of allylic oxidation sites excluding steroid dienone is 3. The van der Waals surface area contributed by atoms with Gasteiger partial charge in [-0.05, 0) is 23.3 Å². The molecule has 0 amide bonds. The molecule has 14 heteroatoms. The van der Waals surface area contributed by atoms with Crippen LogP contribution in [0.1, 0.15) is 12.0 Å². The maximum absolute atomic E-state index is 11.6. The minimum atomic E-state index is -5.06. The summed E-state index contributed by atoms with van der Waals surface area (Å²) in [7, 11) is -9.66. The van der Waals surface area contributed by atoms with Crippen LogP contribution in [0.4, 0.5) is 0 Å². The standard InChI is InChI=1S/C14H12N2O10S2/c17-15(18)14(16(19)20)8-7-11(13(9-14)28(24,25)26)6-5-10-3-1-2-4-12(10)27(21,22)23/h1-8H,9H2,(H,21,22,23)(H,24,25,26). The van der Waals surface area contributed by atoms with E-state index in [-0.39, 0.29) is 11.1 Å². The lowest BCUT2D eigenvalue weighted by molar-refractivity contribution is -0.780. The van der Waals surface area contributed by atoms with E-state index in [0.29, 0.717) is 6.08 Å². The van der Waals surface area contributed by atoms with E-state index < -0.39 is 52.0 Å². The van der Waals surface area contributed by atoms with Crippen molar-refractivity contribution in [2.75, 3.05) is 0 Å². The van der Waals surface area contributed by atoms with Crippen molar-refractivity contribution in [1.29, 1.82) is 0 Å². The van der Waals surface area contributed by atoms with Crippen LogP contribution in [0.3, 0.4) is 0 Å². The molecule has 28 heavy (non-hydrogen) atoms. The van der Waals surface area contributed by atoms with Crippen LogP contribution in [0.15, 0.2) is 57.9 Å². The molecule has 1 aromatic carbocycles. The number of rotatable bonds is 6. The Bertz CT molecular complexity index is 1130. The lowest BCUT2D eigenvalue weighted by Crippen LogP contribution is -2.46. The first kappa shape index (κ1) is 21.4. The zero-order chi connectivity index (χ0) is 21.3. The van der Waals surface area contributed by atoms with Crippen molar-refractivity contribution in [3.63, 3.8) is 0 Å². The van der Waals surface area contributed by atoms with Crippen molar-refractivity contribution < 1.29 is 35.8 Å². The van der Waals surface area contributed by atoms with E-state index in [0.717, 1.165) is 24.3 Å². The van der Waals surface area contributed by atoms with Crippen molar-refractivity contribution in [3.05, 3.63) is 78.8 Å². The highest BCUT2D eigenvalue weighted by Crippen LogP contribution is 2.34. The molecule has 12 nitrogen and oxygen atoms in total. The molecule has 0 atom stereocenters. The normalized spacial score (nSPS) is 17.1. The SMILES string of the molecule is O=[N+]([O-])C1([N+](=O)[O-])C=CC(C=Cc2ccccc2S(=O)(=O)O)=C(S(=O)(=O)O)C1. The quantitative estimate of drug-likeness (QED) is 0.286. The van der Waals surface area contributed by atoms with E-state index in [4.69, 9.17) is 0 Å². The number of hydrogen-bond donors (Lipinski definition) is 2. The van der Waals surface area contributed by atoms with Gasteiger partial charge in [0.25, 0.3) is 20.2 Å². The lowest BCUT2D eigenvalue weighted by Gasteiger charge is -2.19. The predicted molar refractivity (Wildman–Crippen MR) is 94.3 cm³/mol. The first-order valence-electron chi connectivity index (χ1n) is 7.22. The van der Waals surface area contributed by atoms with Gasteiger partial charge in [0.2, 0.25) is 0 Å². The highest BCUT2D eigenvalue weighted by molar-refractivity contribution is 7.89. The number of hydrogen-bond acceptors (Lipinski definition) is 8. The van der Waals surface area contributed by atoms with Gasteiger partial charge in [-0.25, -0.2) is 0 Å². The molecule has 0 heterocycles. The van der Waals surface area contributed by atoms with E-state index in [1.807, 2.05) is 0 Å². The summed E-state index contributed by atoms with van der Waals surface area (Å²) >= 11 is 0. The highest BCUT2D eigenvalue weighted by Gasteiger charge is 2.57. The topological polar surface area (TPSA) is 195 Å². The van der Waals surface area contributed by atoms with Crippen LogP contribution in [0.5, 0.6) is 0 Å². The summed E-state index contributed by atoms with van der Waals surface area (Å²) < 4.78 is 64.5. The van der Waals surface area contributed by atoms with Gasteiger partial charge in [0, 0.05) is 0 Å². The van der Waals surface area contributed by atoms with Crippen molar-refractivity contribution >= 4 is 26.3 Å². The fourth-order valence-electron chi connectivity index (χ4n) is 2.45. The van der Waals surface area contributed by atoms with E-state index >= 15 is 0 Å². The van der Waals surface area contributed by atoms with Gasteiger partial charge in [-0.15, -0.1) is 0 Å². The molecule has 1 aliphatic rings. The van der Waals surface area contributed by atoms with Crippen LogP contribution in [0.25, 0.3) is 6.08 Å². The largest absolute Gasteiger partial charge is 0.482 e. The molecule has 2 N–H and O–H groups in total. The van der Waals surface area contributed by atoms with Crippen LogP contribution in [-0.2, 0) is 20.2 Å². The Hall–Kier alpha value is -2.94. The average Bonchev–Trinajstić information content (AvgIpc) is 2.58. The van der Waals surface area contributed by atoms with E-state index in [1.165, 1.54) is 18.2 Å². The summed E-state index contributed by atoms with van der Waals surface area (Å²) in [6, 6.07) is 5.10. The summed E-state index contributed by atoms with van der Waals surface area (Å²) in [5, 5.41) is 22.3. The predicted octanol–water partition coefficient (Wildman–Crippen LogP) is 1.30. The van der Waals surface area contributed by atoms with Crippen molar-refractivity contribution in [2.24, 2.45) is 0 Å². The number of benzene rings is 1. The van der Waals surface area contributed by atoms with Crippen molar-refractivity contribution in [1.82, 2.24) is 0 Å². The molecule has 1 aliphatic carbocycles. The Morgan fingerprint density at radius 3 is 2.04 bits per heavy atom. The monoisotopic (exact) mass is 432 g/mol. The van der Waals surface area contributed by atoms with Gasteiger partial charge in [-0.2, -0.15) is 16.8 Å². The zero-order valence-corrected chi connectivity index (χ0v) is 15.3. The molecule has 0 saturated carbocycles. The Balaban J connectivity index is 2.61. The zero-order valence-electron chi connectivity index (χ0n) is 13.7. The second-order valence-corrected chi connectivity index (χ2v) is 8.44. The van der Waals surface area contributed by atoms with Gasteiger partial charge in [-0.1, -0.05) is 30.4 Å². The molecule has 0 radical (unpaired) electrons. The van der Waals surface area contributed by atoms with Gasteiger partial charge < -0.3 is 0 Å². The third kappa shape index (κ3) is 4.14. The second kappa shape index (κ2) is 7.23. The Labute approximate surface area is 158 Å². The molecule has 0 fully saturated rings. The van der Waals surface area contributed by atoms with Gasteiger partial charge >= 0.3 is 5.66 Å². The van der Waals surface area contributed by atoms with Gasteiger partial charge in [0.05, 0.1) is 11.0 Å². The summed E-state index contributed by atoms with van der Waals surface area (Å²) in [6.07, 6.45) is 2.15. The van der Waals surface area contributed by atoms with Gasteiger partial charge in [0.15, 0.2) is 0 Å². The average molecular weight is 432 g/mol. The molecule has 0 saturated heterocycles. The van der Waals surface area contributed by atoms with Crippen LogP contribution in [0, 0.1) is 20.2 Å². The van der Waals surface area contributed by atoms with E-state index in [9.17, 15) is 46.2 Å². The molecular formula is C14H12N2O10S2. The molecule has 1 aromatic rings. The van der Waals surface area contributed by atoms with Crippen LogP contribution in [-0.4, -0.2) is 41.5 Å². The van der Waals surface area contributed by atoms with Crippen LogP contribution in [0.2, 0.25) is 0 Å². The minimum Gasteiger partial charge on any atom is -0.282 e. The first-order chi connectivity index (χ1) is 12.8. The molecule has 0 aromatic heterocycles. The Morgan fingerprint density at radius 1 is 0.964 bits per heavy atom. The van der Waals surface area contributed by atoms with Gasteiger partial charge in [0.1, 0.15) is 21.2 Å². The van der Waals surface area contributed by atoms with Crippen molar-refractivity contribution in [3.8, 4) is 0 Å². The fraction of sp³-hybridized carbons (Fsp3) is 0.143. The maximum atomic E-state index is 11.6. The maximum Gasteiger partial charge on any atom is 0.482 e. The van der Waals surface area contributed by atoms with Crippen LogP contribution >= 0.6 is 0 Å². The van der Waals surface area contributed by atoms with E-state index in [1.54, 1.807) is 0 Å². The first-order valence-corrected chi connectivity index (χ1v) is 10.1. The summed E-state index contributed by atoms with van der Waals surface area (Å²) in [5.74, 6) is 0. The molecule has 0 aliphatic heterocycles. The lowest BCUT2D eigenvalue weighted by atomic mass is 9.96. The minimum absolute atomic E-state index is 0.0547. The molecule has 150 valence electrons. The summed E-state index contributed by atoms with van der Waals surface area (Å²) in [6.45, 7) is 0. The highest BCUT2D eigenvalue weighted by atomic mass is 32.2. The molecule has 0 spiro atoms. The molecule has 0 unspecified atom stereocenters. The molecule has 2 rings (SSSR count). The third-order valence-corrected chi connectivity index (χ3v) is 5.79. The number of nitro groups is 2. The smallest absolute Gasteiger partial charge is 0.282 e. The number of nitrogens with zero attached hydrogens (tertiary/aromatic N) is 2. The molecular weight excluding hydrogens is 420 g/mol.